The van der Waals surface area contributed by atoms with Crippen LogP contribution in [0.15, 0.2) is 42.5 Å². The van der Waals surface area contributed by atoms with Gasteiger partial charge in [-0.2, -0.15) is 26.7 Å². The van der Waals surface area contributed by atoms with Gasteiger partial charge in [0.2, 0.25) is 3.79 Å². The summed E-state index contributed by atoms with van der Waals surface area (Å²) in [6.07, 6.45) is -6.28. The number of carbonyl (C=O) groups is 1. The number of benzene rings is 2. The fourth-order valence-corrected chi connectivity index (χ4v) is 4.78. The van der Waals surface area contributed by atoms with Crippen LogP contribution in [0.3, 0.4) is 0 Å². The van der Waals surface area contributed by atoms with Gasteiger partial charge in [0.25, 0.3) is 0 Å². The van der Waals surface area contributed by atoms with E-state index in [1.165, 1.54) is 29.8 Å². The third kappa shape index (κ3) is 7.92. The van der Waals surface area contributed by atoms with Crippen LogP contribution in [0.2, 0.25) is 5.02 Å². The lowest BCUT2D eigenvalue weighted by molar-refractivity contribution is -0.130. The smallest absolute Gasteiger partial charge is 0.390 e. The number of hydrogen-bond acceptors (Lipinski definition) is 6. The molecule has 0 saturated heterocycles. The topological polar surface area (TPSA) is 87.5 Å². The molecule has 1 aromatic heterocycles. The van der Waals surface area contributed by atoms with Crippen molar-refractivity contribution in [3.63, 3.8) is 0 Å². The molecular formula is C23H19Cl4F3N2O5S. The minimum Gasteiger partial charge on any atom is -0.456 e. The second-order valence-electron chi connectivity index (χ2n) is 8.06. The molecule has 0 spiro atoms. The third-order valence-electron chi connectivity index (χ3n) is 5.06. The molecule has 0 fully saturated rings. The van der Waals surface area contributed by atoms with Crippen molar-refractivity contribution in [2.75, 3.05) is 12.4 Å². The van der Waals surface area contributed by atoms with Gasteiger partial charge in [-0.15, -0.1) is 0 Å². The number of halogens is 7. The summed E-state index contributed by atoms with van der Waals surface area (Å²) in [4.78, 5) is 12.8. The van der Waals surface area contributed by atoms with Crippen LogP contribution >= 0.6 is 46.4 Å². The Morgan fingerprint density at radius 2 is 1.74 bits per heavy atom. The molecule has 0 aliphatic heterocycles. The first-order valence-corrected chi connectivity index (χ1v) is 13.7. The molecule has 1 heterocycles. The van der Waals surface area contributed by atoms with Crippen molar-refractivity contribution in [1.29, 1.82) is 0 Å². The third-order valence-corrected chi connectivity index (χ3v) is 6.76. The molecule has 0 aliphatic rings. The first-order chi connectivity index (χ1) is 17.5. The summed E-state index contributed by atoms with van der Waals surface area (Å²) in [5, 5.41) is 4.80. The Bertz CT molecular complexity index is 1450. The van der Waals surface area contributed by atoms with Gasteiger partial charge in [0.15, 0.2) is 11.4 Å². The first kappa shape index (κ1) is 30.4. The van der Waals surface area contributed by atoms with Crippen molar-refractivity contribution in [2.45, 2.75) is 30.2 Å². The molecule has 0 bridgehead atoms. The zero-order chi connectivity index (χ0) is 28.5. The van der Waals surface area contributed by atoms with Crippen LogP contribution in [-0.4, -0.2) is 46.5 Å². The Balaban J connectivity index is 2.16. The van der Waals surface area contributed by atoms with Crippen LogP contribution in [0.1, 0.15) is 28.0 Å². The van der Waals surface area contributed by atoms with Crippen molar-refractivity contribution < 1.29 is 35.3 Å². The Morgan fingerprint density at radius 1 is 1.08 bits per heavy atom. The number of rotatable bonds is 8. The van der Waals surface area contributed by atoms with Crippen LogP contribution in [0, 0.1) is 13.8 Å². The maximum absolute atomic E-state index is 12.8. The number of para-hydroxylation sites is 1. The summed E-state index contributed by atoms with van der Waals surface area (Å²) in [5.41, 5.74) is 1.48. The van der Waals surface area contributed by atoms with Crippen molar-refractivity contribution in [3.05, 3.63) is 64.3 Å². The van der Waals surface area contributed by atoms with Crippen molar-refractivity contribution in [3.8, 4) is 22.7 Å². The Morgan fingerprint density at radius 3 is 2.34 bits per heavy atom. The highest BCUT2D eigenvalue weighted by atomic mass is 35.6. The van der Waals surface area contributed by atoms with Crippen LogP contribution in [0.25, 0.3) is 16.9 Å². The second kappa shape index (κ2) is 11.5. The molecule has 0 atom stereocenters. The van der Waals surface area contributed by atoms with E-state index in [0.29, 0.717) is 16.3 Å². The molecule has 0 saturated carbocycles. The Kier molecular flexibility index (Phi) is 9.20. The lowest BCUT2D eigenvalue weighted by Gasteiger charge is -2.15. The van der Waals surface area contributed by atoms with E-state index < -0.39 is 44.8 Å². The summed E-state index contributed by atoms with van der Waals surface area (Å²) in [6, 6.07) is 10.6. The van der Waals surface area contributed by atoms with E-state index in [4.69, 9.17) is 55.3 Å². The predicted molar refractivity (Wildman–Crippen MR) is 139 cm³/mol. The molecule has 0 unspecified atom stereocenters. The van der Waals surface area contributed by atoms with E-state index in [0.717, 1.165) is 0 Å². The van der Waals surface area contributed by atoms with Crippen LogP contribution in [0.5, 0.6) is 5.75 Å². The molecule has 15 heteroatoms. The number of esters is 1. The summed E-state index contributed by atoms with van der Waals surface area (Å²) in [7, 11) is -4.64. The number of alkyl halides is 6. The van der Waals surface area contributed by atoms with Gasteiger partial charge in [-0.05, 0) is 49.7 Å². The predicted octanol–water partition coefficient (Wildman–Crippen LogP) is 7.00. The number of carbonyl (C=O) groups excluding carboxylic acids is 1. The molecule has 0 radical (unpaired) electrons. The maximum Gasteiger partial charge on any atom is 0.390 e. The maximum atomic E-state index is 12.8. The molecule has 0 N–H and O–H groups in total. The fourth-order valence-electron chi connectivity index (χ4n) is 3.41. The van der Waals surface area contributed by atoms with Gasteiger partial charge in [-0.25, -0.2) is 9.48 Å². The van der Waals surface area contributed by atoms with E-state index >= 15 is 0 Å². The van der Waals surface area contributed by atoms with Crippen molar-refractivity contribution >= 4 is 62.5 Å². The van der Waals surface area contributed by atoms with Gasteiger partial charge in [0.1, 0.15) is 6.61 Å². The van der Waals surface area contributed by atoms with Gasteiger partial charge < -0.3 is 8.92 Å². The highest BCUT2D eigenvalue weighted by molar-refractivity contribution is 7.87. The minimum absolute atomic E-state index is 0.128. The van der Waals surface area contributed by atoms with E-state index in [1.54, 1.807) is 31.2 Å². The van der Waals surface area contributed by atoms with E-state index in [9.17, 15) is 26.4 Å². The molecule has 206 valence electrons. The number of nitrogens with zero attached hydrogens (tertiary/aromatic N) is 2. The SMILES string of the molecule is Cc1cc(Cl)ccc1-n1nc(C(=O)OCC(Cl)(Cl)Cl)c(C)c1-c1ccccc1OS(=O)(=O)CCC(F)(F)F. The summed E-state index contributed by atoms with van der Waals surface area (Å²) in [5.74, 6) is -2.49. The monoisotopic (exact) mass is 632 g/mol. The van der Waals surface area contributed by atoms with Gasteiger partial charge in [-0.3, -0.25) is 0 Å². The number of ether oxygens (including phenoxy) is 1. The highest BCUT2D eigenvalue weighted by Crippen LogP contribution is 2.37. The lowest BCUT2D eigenvalue weighted by atomic mass is 10.0. The minimum atomic E-state index is -4.70. The van der Waals surface area contributed by atoms with Crippen LogP contribution in [0.4, 0.5) is 13.2 Å². The van der Waals surface area contributed by atoms with Gasteiger partial charge >= 0.3 is 22.3 Å². The lowest BCUT2D eigenvalue weighted by Crippen LogP contribution is -2.20. The zero-order valence-corrected chi connectivity index (χ0v) is 23.5. The summed E-state index contributed by atoms with van der Waals surface area (Å²) >= 11 is 23.1. The molecule has 3 aromatic rings. The number of hydrogen-bond donors (Lipinski definition) is 0. The van der Waals surface area contributed by atoms with Crippen molar-refractivity contribution in [1.82, 2.24) is 9.78 Å². The fraction of sp³-hybridized carbons (Fsp3) is 0.304. The molecular weight excluding hydrogens is 615 g/mol. The number of aromatic nitrogens is 2. The Labute approximate surface area is 236 Å². The second-order valence-corrected chi connectivity index (χ2v) is 12.7. The average Bonchev–Trinajstić information content (AvgIpc) is 3.12. The Hall–Kier alpha value is -2.18. The van der Waals surface area contributed by atoms with Gasteiger partial charge in [-0.1, -0.05) is 58.5 Å². The van der Waals surface area contributed by atoms with Crippen LogP contribution in [-0.2, 0) is 14.9 Å². The van der Waals surface area contributed by atoms with Gasteiger partial charge in [0.05, 0.1) is 23.6 Å². The summed E-state index contributed by atoms with van der Waals surface area (Å²) < 4.78 is 72.3. The molecule has 7 nitrogen and oxygen atoms in total. The molecule has 3 rings (SSSR count). The van der Waals surface area contributed by atoms with E-state index in [-0.39, 0.29) is 28.3 Å². The molecule has 38 heavy (non-hydrogen) atoms. The summed E-state index contributed by atoms with van der Waals surface area (Å²) in [6.45, 7) is 2.67. The average molecular weight is 634 g/mol. The highest BCUT2D eigenvalue weighted by Gasteiger charge is 2.32. The zero-order valence-electron chi connectivity index (χ0n) is 19.7. The largest absolute Gasteiger partial charge is 0.456 e. The molecule has 0 aliphatic carbocycles. The first-order valence-electron chi connectivity index (χ1n) is 10.7. The van der Waals surface area contributed by atoms with E-state index in [2.05, 4.69) is 5.10 Å². The molecule has 2 aromatic carbocycles. The number of aryl methyl sites for hydroxylation is 1. The van der Waals surface area contributed by atoms with E-state index in [1.807, 2.05) is 0 Å². The quantitative estimate of drug-likeness (QED) is 0.151. The van der Waals surface area contributed by atoms with Crippen molar-refractivity contribution in [2.24, 2.45) is 0 Å². The normalized spacial score (nSPS) is 12.4. The standard InChI is InChI=1S/C23H19Cl4F3N2O5S/c1-13-11-15(24)7-8-17(13)32-20(14(2)19(31-32)21(33)36-12-22(25,26)27)16-5-3-4-6-18(16)37-38(34,35)10-9-23(28,29)30/h3-8,11H,9-10,12H2,1-2H3. The van der Waals surface area contributed by atoms with Gasteiger partial charge in [0, 0.05) is 16.1 Å². The van der Waals surface area contributed by atoms with Crippen LogP contribution < -0.4 is 4.18 Å². The molecule has 0 amide bonds.